The van der Waals surface area contributed by atoms with E-state index >= 15 is 0 Å². The van der Waals surface area contributed by atoms with Crippen molar-refractivity contribution in [1.82, 2.24) is 9.97 Å². The van der Waals surface area contributed by atoms with Crippen LogP contribution in [-0.4, -0.2) is 24.2 Å². The van der Waals surface area contributed by atoms with Gasteiger partial charge in [-0.1, -0.05) is 13.8 Å². The van der Waals surface area contributed by atoms with Crippen LogP contribution in [0.15, 0.2) is 29.1 Å². The molecule has 1 N–H and O–H groups in total. The fourth-order valence-corrected chi connectivity index (χ4v) is 3.65. The monoisotopic (exact) mass is 352 g/mol. The number of nitrogens with zero attached hydrogens (tertiary/aromatic N) is 1. The number of benzene rings is 2. The van der Waals surface area contributed by atoms with Gasteiger partial charge in [0.1, 0.15) is 22.7 Å². The van der Waals surface area contributed by atoms with Crippen LogP contribution in [0, 0.1) is 13.8 Å². The molecule has 0 aliphatic rings. The molecule has 3 aromatic rings. The Labute approximate surface area is 153 Å². The maximum atomic E-state index is 12.7. The van der Waals surface area contributed by atoms with Crippen molar-refractivity contribution in [3.8, 4) is 22.9 Å². The zero-order valence-electron chi connectivity index (χ0n) is 16.1. The van der Waals surface area contributed by atoms with Gasteiger partial charge in [0, 0.05) is 17.7 Å². The van der Waals surface area contributed by atoms with Crippen LogP contribution in [0.4, 0.5) is 0 Å². The van der Waals surface area contributed by atoms with E-state index in [-0.39, 0.29) is 5.56 Å². The first-order valence-electron chi connectivity index (χ1n) is 8.63. The van der Waals surface area contributed by atoms with Crippen LogP contribution in [0.3, 0.4) is 0 Å². The summed E-state index contributed by atoms with van der Waals surface area (Å²) in [5, 5.41) is 0.421. The van der Waals surface area contributed by atoms with E-state index < -0.39 is 0 Å². The summed E-state index contributed by atoms with van der Waals surface area (Å²) >= 11 is 0. The fourth-order valence-electron chi connectivity index (χ4n) is 3.65. The molecule has 0 saturated heterocycles. The summed E-state index contributed by atoms with van der Waals surface area (Å²) in [5.74, 6) is 2.03. The van der Waals surface area contributed by atoms with Crippen molar-refractivity contribution in [2.75, 3.05) is 14.2 Å². The van der Waals surface area contributed by atoms with Gasteiger partial charge in [-0.2, -0.15) is 0 Å². The number of hydrogen-bond acceptors (Lipinski definition) is 4. The molecule has 3 rings (SSSR count). The van der Waals surface area contributed by atoms with E-state index in [0.29, 0.717) is 34.1 Å². The molecular formula is C21H24N2O3. The van der Waals surface area contributed by atoms with E-state index in [1.54, 1.807) is 19.2 Å². The van der Waals surface area contributed by atoms with Crippen molar-refractivity contribution < 1.29 is 9.47 Å². The summed E-state index contributed by atoms with van der Waals surface area (Å²) in [6.45, 7) is 8.56. The SMILES string of the molecule is COc1cc(OC)c2c(=O)[nH]c(-c3cc(C)c(C(C)C)c(C)c3)nc2c1. The molecule has 0 unspecified atom stereocenters. The van der Waals surface area contributed by atoms with Crippen LogP contribution >= 0.6 is 0 Å². The Balaban J connectivity index is 2.26. The summed E-state index contributed by atoms with van der Waals surface area (Å²) in [6.07, 6.45) is 0. The molecule has 26 heavy (non-hydrogen) atoms. The van der Waals surface area contributed by atoms with Crippen molar-refractivity contribution in [1.29, 1.82) is 0 Å². The number of fused-ring (bicyclic) bond motifs is 1. The molecule has 0 spiro atoms. The molecule has 0 radical (unpaired) electrons. The number of methoxy groups -OCH3 is 2. The lowest BCUT2D eigenvalue weighted by Gasteiger charge is -2.16. The highest BCUT2D eigenvalue weighted by atomic mass is 16.5. The molecule has 1 aromatic heterocycles. The molecule has 0 aliphatic carbocycles. The second-order valence-corrected chi connectivity index (χ2v) is 6.82. The van der Waals surface area contributed by atoms with Gasteiger partial charge < -0.3 is 14.5 Å². The largest absolute Gasteiger partial charge is 0.497 e. The molecule has 0 saturated carbocycles. The van der Waals surface area contributed by atoms with Gasteiger partial charge in [-0.3, -0.25) is 4.79 Å². The minimum absolute atomic E-state index is 0.229. The third-order valence-corrected chi connectivity index (χ3v) is 4.65. The van der Waals surface area contributed by atoms with Crippen LogP contribution < -0.4 is 15.0 Å². The van der Waals surface area contributed by atoms with Crippen LogP contribution in [0.2, 0.25) is 0 Å². The Morgan fingerprint density at radius 1 is 1.00 bits per heavy atom. The minimum Gasteiger partial charge on any atom is -0.497 e. The Bertz CT molecular complexity index is 1010. The van der Waals surface area contributed by atoms with Crippen LogP contribution in [0.1, 0.15) is 36.5 Å². The maximum Gasteiger partial charge on any atom is 0.262 e. The highest BCUT2D eigenvalue weighted by Gasteiger charge is 2.15. The first-order valence-corrected chi connectivity index (χ1v) is 8.63. The first kappa shape index (κ1) is 18.0. The highest BCUT2D eigenvalue weighted by Crippen LogP contribution is 2.31. The van der Waals surface area contributed by atoms with Gasteiger partial charge >= 0.3 is 0 Å². The lowest BCUT2D eigenvalue weighted by atomic mass is 9.91. The second kappa shape index (κ2) is 6.83. The molecule has 0 aliphatic heterocycles. The van der Waals surface area contributed by atoms with Gasteiger partial charge in [-0.25, -0.2) is 4.98 Å². The van der Waals surface area contributed by atoms with E-state index in [2.05, 4.69) is 49.8 Å². The number of nitrogens with one attached hydrogen (secondary N) is 1. The van der Waals surface area contributed by atoms with Crippen LogP contribution in [-0.2, 0) is 0 Å². The Morgan fingerprint density at radius 2 is 1.65 bits per heavy atom. The lowest BCUT2D eigenvalue weighted by Crippen LogP contribution is -2.11. The predicted octanol–water partition coefficient (Wildman–Crippen LogP) is 4.35. The van der Waals surface area contributed by atoms with E-state index in [0.717, 1.165) is 5.56 Å². The smallest absolute Gasteiger partial charge is 0.262 e. The van der Waals surface area contributed by atoms with E-state index in [9.17, 15) is 4.79 Å². The summed E-state index contributed by atoms with van der Waals surface area (Å²) in [6, 6.07) is 7.58. The third-order valence-electron chi connectivity index (χ3n) is 4.65. The zero-order chi connectivity index (χ0) is 19.0. The molecule has 2 aromatic carbocycles. The van der Waals surface area contributed by atoms with Crippen molar-refractivity contribution in [2.45, 2.75) is 33.6 Å². The Kier molecular flexibility index (Phi) is 4.72. The molecule has 1 heterocycles. The number of ether oxygens (including phenoxy) is 2. The van der Waals surface area contributed by atoms with Crippen molar-refractivity contribution in [2.24, 2.45) is 0 Å². The lowest BCUT2D eigenvalue weighted by molar-refractivity contribution is 0.397. The van der Waals surface area contributed by atoms with Crippen molar-refractivity contribution in [3.63, 3.8) is 0 Å². The Morgan fingerprint density at radius 3 is 2.19 bits per heavy atom. The molecule has 136 valence electrons. The molecule has 5 heteroatoms. The standard InChI is InChI=1S/C21H24N2O3/c1-11(2)18-12(3)7-14(8-13(18)4)20-22-16-9-15(25-5)10-17(26-6)19(16)21(24)23-20/h7-11H,1-6H3,(H,22,23,24). The predicted molar refractivity (Wildman–Crippen MR) is 104 cm³/mol. The van der Waals surface area contributed by atoms with E-state index in [1.807, 2.05) is 0 Å². The Hall–Kier alpha value is -2.82. The summed E-state index contributed by atoms with van der Waals surface area (Å²) in [4.78, 5) is 20.2. The van der Waals surface area contributed by atoms with Gasteiger partial charge in [-0.05, 0) is 48.6 Å². The summed E-state index contributed by atoms with van der Waals surface area (Å²) in [7, 11) is 3.10. The van der Waals surface area contributed by atoms with Gasteiger partial charge in [0.25, 0.3) is 5.56 Å². The topological polar surface area (TPSA) is 64.2 Å². The summed E-state index contributed by atoms with van der Waals surface area (Å²) in [5.41, 5.74) is 4.93. The zero-order valence-corrected chi connectivity index (χ0v) is 16.1. The van der Waals surface area contributed by atoms with E-state index in [1.165, 1.54) is 23.8 Å². The van der Waals surface area contributed by atoms with Gasteiger partial charge in [0.15, 0.2) is 0 Å². The van der Waals surface area contributed by atoms with E-state index in [4.69, 9.17) is 9.47 Å². The molecule has 5 nitrogen and oxygen atoms in total. The third kappa shape index (κ3) is 3.05. The van der Waals surface area contributed by atoms with Gasteiger partial charge in [0.2, 0.25) is 0 Å². The minimum atomic E-state index is -0.229. The number of aromatic nitrogens is 2. The molecule has 0 amide bonds. The molecule has 0 atom stereocenters. The fraction of sp³-hybridized carbons (Fsp3) is 0.333. The average molecular weight is 352 g/mol. The normalized spacial score (nSPS) is 11.2. The van der Waals surface area contributed by atoms with Gasteiger partial charge in [0.05, 0.1) is 19.7 Å². The highest BCUT2D eigenvalue weighted by molar-refractivity contribution is 5.87. The number of hydrogen-bond donors (Lipinski definition) is 1. The quantitative estimate of drug-likeness (QED) is 0.758. The van der Waals surface area contributed by atoms with Crippen LogP contribution in [0.25, 0.3) is 22.3 Å². The summed E-state index contributed by atoms with van der Waals surface area (Å²) < 4.78 is 10.6. The van der Waals surface area contributed by atoms with Crippen molar-refractivity contribution in [3.05, 3.63) is 51.3 Å². The number of aromatic amines is 1. The first-order chi connectivity index (χ1) is 12.3. The molecular weight excluding hydrogens is 328 g/mol. The molecule has 0 fully saturated rings. The van der Waals surface area contributed by atoms with Gasteiger partial charge in [-0.15, -0.1) is 0 Å². The molecule has 0 bridgehead atoms. The number of H-pyrrole nitrogens is 1. The van der Waals surface area contributed by atoms with Crippen LogP contribution in [0.5, 0.6) is 11.5 Å². The number of rotatable bonds is 4. The maximum absolute atomic E-state index is 12.7. The van der Waals surface area contributed by atoms with Crippen molar-refractivity contribution >= 4 is 10.9 Å². The average Bonchev–Trinajstić information content (AvgIpc) is 2.59. The number of aryl methyl sites for hydroxylation is 2. The second-order valence-electron chi connectivity index (χ2n) is 6.82.